The van der Waals surface area contributed by atoms with Crippen LogP contribution in [-0.4, -0.2) is 44.6 Å². The number of halogens is 3. The fourth-order valence-electron chi connectivity index (χ4n) is 4.62. The van der Waals surface area contributed by atoms with Crippen LogP contribution in [0, 0.1) is 0 Å². The number of carbonyl (C=O) groups is 2. The lowest BCUT2D eigenvalue weighted by atomic mass is 10.0. The molecular formula is C22H19ClF2N4O3. The second kappa shape index (κ2) is 7.44. The normalized spacial score (nSPS) is 18.4. The van der Waals surface area contributed by atoms with Crippen LogP contribution in [-0.2, 0) is 17.3 Å². The van der Waals surface area contributed by atoms with Crippen molar-refractivity contribution in [2.75, 3.05) is 18.0 Å². The summed E-state index contributed by atoms with van der Waals surface area (Å²) in [6, 6.07) is 11.0. The van der Waals surface area contributed by atoms with Crippen LogP contribution in [0.2, 0.25) is 5.02 Å². The maximum absolute atomic E-state index is 14.6. The number of carboxylic acid groups (broad SMARTS) is 1. The summed E-state index contributed by atoms with van der Waals surface area (Å²) in [5.74, 6) is -4.42. The van der Waals surface area contributed by atoms with Gasteiger partial charge in [0.1, 0.15) is 5.82 Å². The predicted octanol–water partition coefficient (Wildman–Crippen LogP) is 4.64. The van der Waals surface area contributed by atoms with E-state index in [4.69, 9.17) is 11.6 Å². The first-order valence-electron chi connectivity index (χ1n) is 10.2. The Hall–Kier alpha value is -3.20. The molecular weight excluding hydrogens is 442 g/mol. The van der Waals surface area contributed by atoms with Crippen LogP contribution in [0.1, 0.15) is 30.3 Å². The summed E-state index contributed by atoms with van der Waals surface area (Å²) in [5.41, 5.74) is 1.22. The molecule has 3 heterocycles. The van der Waals surface area contributed by atoms with Crippen LogP contribution in [0.25, 0.3) is 11.0 Å². The Bertz CT molecular complexity index is 1240. The molecule has 2 aliphatic heterocycles. The molecule has 5 rings (SSSR count). The first-order chi connectivity index (χ1) is 15.3. The van der Waals surface area contributed by atoms with Gasteiger partial charge >= 0.3 is 17.9 Å². The van der Waals surface area contributed by atoms with Gasteiger partial charge in [0, 0.05) is 24.2 Å². The topological polar surface area (TPSA) is 78.7 Å². The lowest BCUT2D eigenvalue weighted by Gasteiger charge is -2.32. The fraction of sp³-hybridized carbons (Fsp3) is 0.318. The highest BCUT2D eigenvalue weighted by atomic mass is 35.5. The first-order valence-corrected chi connectivity index (χ1v) is 10.6. The number of amides is 2. The number of anilines is 1. The fourth-order valence-corrected chi connectivity index (χ4v) is 4.79. The van der Waals surface area contributed by atoms with Crippen molar-refractivity contribution in [3.05, 3.63) is 58.9 Å². The van der Waals surface area contributed by atoms with Gasteiger partial charge in [-0.25, -0.2) is 9.78 Å². The molecule has 0 aliphatic carbocycles. The number of aromatic nitrogens is 2. The van der Waals surface area contributed by atoms with Crippen molar-refractivity contribution >= 4 is 40.3 Å². The van der Waals surface area contributed by atoms with Gasteiger partial charge in [0.25, 0.3) is 0 Å². The zero-order valence-electron chi connectivity index (χ0n) is 16.8. The molecule has 2 aliphatic rings. The maximum Gasteiger partial charge on any atom is 0.407 e. The molecule has 7 nitrogen and oxygen atoms in total. The van der Waals surface area contributed by atoms with Crippen LogP contribution in [0.4, 0.5) is 19.3 Å². The van der Waals surface area contributed by atoms with Crippen molar-refractivity contribution in [1.82, 2.24) is 14.5 Å². The van der Waals surface area contributed by atoms with Gasteiger partial charge in [-0.15, -0.1) is 0 Å². The lowest BCUT2D eigenvalue weighted by Crippen LogP contribution is -2.39. The Balaban J connectivity index is 1.56. The number of carbonyl (C=O) groups excluding carboxylic acids is 1. The van der Waals surface area contributed by atoms with Crippen molar-refractivity contribution in [1.29, 1.82) is 0 Å². The Labute approximate surface area is 186 Å². The number of nitrogens with zero attached hydrogens (tertiary/aromatic N) is 4. The molecule has 0 radical (unpaired) electrons. The summed E-state index contributed by atoms with van der Waals surface area (Å²) in [6.07, 6.45) is 0.134. The number of likely N-dealkylation sites (tertiary alicyclic amines) is 1. The number of hydrogen-bond donors (Lipinski definition) is 1. The molecule has 2 aromatic carbocycles. The van der Waals surface area contributed by atoms with Crippen LogP contribution in [0.3, 0.4) is 0 Å². The summed E-state index contributed by atoms with van der Waals surface area (Å²) in [7, 11) is 0. The van der Waals surface area contributed by atoms with Gasteiger partial charge in [-0.2, -0.15) is 8.78 Å². The molecule has 10 heteroatoms. The summed E-state index contributed by atoms with van der Waals surface area (Å²) >= 11 is 6.13. The maximum atomic E-state index is 14.6. The molecule has 166 valence electrons. The van der Waals surface area contributed by atoms with Gasteiger partial charge in [0.15, 0.2) is 0 Å². The monoisotopic (exact) mass is 460 g/mol. The van der Waals surface area contributed by atoms with E-state index in [1.807, 2.05) is 10.6 Å². The van der Waals surface area contributed by atoms with Crippen LogP contribution in [0.15, 0.2) is 42.5 Å². The third kappa shape index (κ3) is 3.19. The van der Waals surface area contributed by atoms with E-state index in [1.165, 1.54) is 23.1 Å². The van der Waals surface area contributed by atoms with E-state index in [9.17, 15) is 23.5 Å². The number of fused-ring (bicyclic) bond motifs is 2. The smallest absolute Gasteiger partial charge is 0.407 e. The molecule has 1 saturated heterocycles. The number of rotatable bonds is 3. The van der Waals surface area contributed by atoms with Gasteiger partial charge in [0.05, 0.1) is 28.8 Å². The Morgan fingerprint density at radius 3 is 2.62 bits per heavy atom. The number of piperidine rings is 1. The summed E-state index contributed by atoms with van der Waals surface area (Å²) in [6.45, 7) is 0.587. The molecule has 3 aromatic rings. The molecule has 0 bridgehead atoms. The SMILES string of the molecule is O=C(O)N1CCC(n2c(CN3C(=O)C(F)(F)c4ccccc43)nc3cc(Cl)ccc32)CC1. The molecule has 0 atom stereocenters. The van der Waals surface area contributed by atoms with Crippen molar-refractivity contribution in [3.63, 3.8) is 0 Å². The third-order valence-electron chi connectivity index (χ3n) is 6.17. The van der Waals surface area contributed by atoms with Gasteiger partial charge in [-0.3, -0.25) is 9.69 Å². The molecule has 0 spiro atoms. The molecule has 0 unspecified atom stereocenters. The second-order valence-electron chi connectivity index (χ2n) is 8.01. The van der Waals surface area contributed by atoms with E-state index in [-0.39, 0.29) is 23.8 Å². The van der Waals surface area contributed by atoms with E-state index in [2.05, 4.69) is 4.98 Å². The third-order valence-corrected chi connectivity index (χ3v) is 6.41. The Morgan fingerprint density at radius 2 is 1.91 bits per heavy atom. The zero-order valence-corrected chi connectivity index (χ0v) is 17.6. The number of benzene rings is 2. The molecule has 1 fully saturated rings. The van der Waals surface area contributed by atoms with Crippen molar-refractivity contribution in [2.45, 2.75) is 31.4 Å². The molecule has 2 amide bonds. The number of alkyl halides is 2. The summed E-state index contributed by atoms with van der Waals surface area (Å²) in [4.78, 5) is 31.0. The number of hydrogen-bond acceptors (Lipinski definition) is 3. The minimum Gasteiger partial charge on any atom is -0.465 e. The van der Waals surface area contributed by atoms with Crippen LogP contribution >= 0.6 is 11.6 Å². The standard InChI is InChI=1S/C22H19ClF2N4O3/c23-13-5-6-18-16(11-13)26-19(29(18)14-7-9-27(10-8-14)21(31)32)12-28-17-4-2-1-3-15(17)22(24,25)20(28)30/h1-6,11,14H,7-10,12H2,(H,31,32). The number of para-hydroxylation sites is 1. The van der Waals surface area contributed by atoms with Crippen molar-refractivity contribution in [3.8, 4) is 0 Å². The van der Waals surface area contributed by atoms with Gasteiger partial charge in [-0.1, -0.05) is 29.8 Å². The minimum absolute atomic E-state index is 0.0831. The van der Waals surface area contributed by atoms with Crippen molar-refractivity contribution < 1.29 is 23.5 Å². The Morgan fingerprint density at radius 1 is 1.19 bits per heavy atom. The van der Waals surface area contributed by atoms with E-state index in [0.717, 1.165) is 10.4 Å². The van der Waals surface area contributed by atoms with E-state index < -0.39 is 17.9 Å². The predicted molar refractivity (Wildman–Crippen MR) is 114 cm³/mol. The average molecular weight is 461 g/mol. The first kappa shape index (κ1) is 20.7. The summed E-state index contributed by atoms with van der Waals surface area (Å²) in [5, 5.41) is 9.74. The van der Waals surface area contributed by atoms with Crippen LogP contribution in [0.5, 0.6) is 0 Å². The van der Waals surface area contributed by atoms with Crippen LogP contribution < -0.4 is 4.90 Å². The highest BCUT2D eigenvalue weighted by Gasteiger charge is 2.52. The van der Waals surface area contributed by atoms with Gasteiger partial charge < -0.3 is 14.6 Å². The van der Waals surface area contributed by atoms with Crippen molar-refractivity contribution in [2.24, 2.45) is 0 Å². The molecule has 1 aromatic heterocycles. The minimum atomic E-state index is -3.59. The van der Waals surface area contributed by atoms with E-state index in [1.54, 1.807) is 18.2 Å². The molecule has 32 heavy (non-hydrogen) atoms. The van der Waals surface area contributed by atoms with Gasteiger partial charge in [0.2, 0.25) is 0 Å². The Kier molecular flexibility index (Phi) is 4.81. The van der Waals surface area contributed by atoms with E-state index >= 15 is 0 Å². The highest BCUT2D eigenvalue weighted by molar-refractivity contribution is 6.31. The second-order valence-corrected chi connectivity index (χ2v) is 8.45. The quantitative estimate of drug-likeness (QED) is 0.617. The van der Waals surface area contributed by atoms with E-state index in [0.29, 0.717) is 42.3 Å². The highest BCUT2D eigenvalue weighted by Crippen LogP contribution is 2.45. The zero-order chi connectivity index (χ0) is 22.6. The largest absolute Gasteiger partial charge is 0.465 e. The average Bonchev–Trinajstić information content (AvgIpc) is 3.22. The van der Waals surface area contributed by atoms with Gasteiger partial charge in [-0.05, 0) is 37.1 Å². The lowest BCUT2D eigenvalue weighted by molar-refractivity contribution is -0.141. The summed E-state index contributed by atoms with van der Waals surface area (Å²) < 4.78 is 31.2. The molecule has 0 saturated carbocycles. The molecule has 1 N–H and O–H groups in total. The number of imidazole rings is 1.